The summed E-state index contributed by atoms with van der Waals surface area (Å²) in [5.74, 6) is -0.419. The van der Waals surface area contributed by atoms with Gasteiger partial charge in [-0.15, -0.1) is 0 Å². The van der Waals surface area contributed by atoms with Gasteiger partial charge < -0.3 is 5.73 Å². The van der Waals surface area contributed by atoms with Crippen molar-refractivity contribution in [1.29, 1.82) is 0 Å². The van der Waals surface area contributed by atoms with E-state index in [4.69, 9.17) is 5.73 Å². The van der Waals surface area contributed by atoms with E-state index < -0.39 is 5.91 Å². The van der Waals surface area contributed by atoms with Crippen LogP contribution in [0, 0.1) is 0 Å². The number of nitrogens with zero attached hydrogens (tertiary/aromatic N) is 1. The number of rotatable bonds is 4. The van der Waals surface area contributed by atoms with E-state index in [-0.39, 0.29) is 6.04 Å². The summed E-state index contributed by atoms with van der Waals surface area (Å²) in [6.07, 6.45) is 3.20. The van der Waals surface area contributed by atoms with Crippen molar-refractivity contribution < 1.29 is 4.79 Å². The molecule has 80 valence electrons. The molecule has 3 heteroatoms. The predicted octanol–water partition coefficient (Wildman–Crippen LogP) is 1.33. The molecule has 1 amide bonds. The average molecular weight is 204 g/mol. The monoisotopic (exact) mass is 204 g/mol. The molecule has 1 unspecified atom stereocenters. The van der Waals surface area contributed by atoms with Crippen molar-refractivity contribution in [3.8, 4) is 0 Å². The maximum Gasteiger partial charge on any atom is 0.241 e. The van der Waals surface area contributed by atoms with Crippen LogP contribution in [-0.2, 0) is 4.79 Å². The lowest BCUT2D eigenvalue weighted by atomic mass is 10.1. The highest BCUT2D eigenvalue weighted by atomic mass is 16.1. The van der Waals surface area contributed by atoms with Crippen LogP contribution in [0.1, 0.15) is 11.6 Å². The molecule has 1 aromatic carbocycles. The van der Waals surface area contributed by atoms with Crippen molar-refractivity contribution in [2.75, 3.05) is 14.1 Å². The fourth-order valence-electron chi connectivity index (χ4n) is 1.42. The largest absolute Gasteiger partial charge is 0.366 e. The zero-order valence-electron chi connectivity index (χ0n) is 9.05. The van der Waals surface area contributed by atoms with Crippen LogP contribution < -0.4 is 5.73 Å². The quantitative estimate of drug-likeness (QED) is 0.752. The number of likely N-dealkylation sites (N-methyl/N-ethyl adjacent to an activating group) is 1. The molecular weight excluding hydrogens is 188 g/mol. The Labute approximate surface area is 90.2 Å². The van der Waals surface area contributed by atoms with E-state index in [9.17, 15) is 4.79 Å². The molecule has 0 fully saturated rings. The molecule has 1 atom stereocenters. The molecule has 0 aromatic heterocycles. The van der Waals surface area contributed by atoms with Crippen molar-refractivity contribution in [3.05, 3.63) is 48.0 Å². The minimum atomic E-state index is -0.419. The summed E-state index contributed by atoms with van der Waals surface area (Å²) in [5, 5.41) is 0. The molecule has 0 radical (unpaired) electrons. The Morgan fingerprint density at radius 2 is 1.93 bits per heavy atom. The molecule has 0 aliphatic rings. The molecule has 0 saturated carbocycles. The number of benzene rings is 1. The van der Waals surface area contributed by atoms with E-state index in [1.54, 1.807) is 6.08 Å². The zero-order valence-corrected chi connectivity index (χ0v) is 9.05. The summed E-state index contributed by atoms with van der Waals surface area (Å²) in [7, 11) is 3.92. The second-order valence-electron chi connectivity index (χ2n) is 3.58. The summed E-state index contributed by atoms with van der Waals surface area (Å²) in [4.78, 5) is 12.7. The van der Waals surface area contributed by atoms with Crippen molar-refractivity contribution in [1.82, 2.24) is 4.90 Å². The fraction of sp³-hybridized carbons (Fsp3) is 0.250. The standard InChI is InChI=1S/C12H16N2O/c1-14(2)11(8-9-12(13)15)10-6-4-3-5-7-10/h3-9,11H,1-2H3,(H2,13,15). The molecule has 15 heavy (non-hydrogen) atoms. The highest BCUT2D eigenvalue weighted by Gasteiger charge is 2.09. The number of nitrogens with two attached hydrogens (primary N) is 1. The third kappa shape index (κ3) is 3.56. The van der Waals surface area contributed by atoms with Crippen LogP contribution in [0.15, 0.2) is 42.5 Å². The van der Waals surface area contributed by atoms with Gasteiger partial charge in [0.05, 0.1) is 6.04 Å². The van der Waals surface area contributed by atoms with Gasteiger partial charge in [0, 0.05) is 6.08 Å². The number of amides is 1. The number of hydrogen-bond acceptors (Lipinski definition) is 2. The van der Waals surface area contributed by atoms with Crippen LogP contribution in [0.2, 0.25) is 0 Å². The van der Waals surface area contributed by atoms with Crippen molar-refractivity contribution in [3.63, 3.8) is 0 Å². The van der Waals surface area contributed by atoms with Crippen LogP contribution >= 0.6 is 0 Å². The number of carbonyl (C=O) groups excluding carboxylic acids is 1. The van der Waals surface area contributed by atoms with Gasteiger partial charge in [0.15, 0.2) is 0 Å². The Hall–Kier alpha value is -1.61. The van der Waals surface area contributed by atoms with E-state index in [1.807, 2.05) is 49.3 Å². The molecule has 0 spiro atoms. The number of carbonyl (C=O) groups is 1. The summed E-state index contributed by atoms with van der Waals surface area (Å²) in [5.41, 5.74) is 6.21. The third-order valence-corrected chi connectivity index (χ3v) is 2.14. The Morgan fingerprint density at radius 3 is 2.40 bits per heavy atom. The first-order chi connectivity index (χ1) is 7.11. The van der Waals surface area contributed by atoms with Crippen LogP contribution in [-0.4, -0.2) is 24.9 Å². The molecule has 0 bridgehead atoms. The molecule has 0 heterocycles. The molecular formula is C12H16N2O. The second-order valence-corrected chi connectivity index (χ2v) is 3.58. The highest BCUT2D eigenvalue weighted by molar-refractivity contribution is 5.85. The van der Waals surface area contributed by atoms with E-state index in [0.717, 1.165) is 5.56 Å². The summed E-state index contributed by atoms with van der Waals surface area (Å²) in [6, 6.07) is 10.0. The minimum absolute atomic E-state index is 0.0821. The molecule has 0 aliphatic heterocycles. The van der Waals surface area contributed by atoms with Crippen molar-refractivity contribution in [2.24, 2.45) is 5.73 Å². The molecule has 0 saturated heterocycles. The summed E-state index contributed by atoms with van der Waals surface area (Å²) >= 11 is 0. The third-order valence-electron chi connectivity index (χ3n) is 2.14. The normalized spacial score (nSPS) is 13.3. The maximum absolute atomic E-state index is 10.7. The smallest absolute Gasteiger partial charge is 0.241 e. The fourth-order valence-corrected chi connectivity index (χ4v) is 1.42. The Kier molecular flexibility index (Phi) is 4.06. The SMILES string of the molecule is CN(C)C(C=CC(N)=O)c1ccccc1. The summed E-state index contributed by atoms with van der Waals surface area (Å²) < 4.78 is 0. The lowest BCUT2D eigenvalue weighted by Crippen LogP contribution is -2.18. The van der Waals surface area contributed by atoms with Gasteiger partial charge in [-0.2, -0.15) is 0 Å². The van der Waals surface area contributed by atoms with Crippen molar-refractivity contribution in [2.45, 2.75) is 6.04 Å². The molecule has 0 aliphatic carbocycles. The predicted molar refractivity (Wildman–Crippen MR) is 61.2 cm³/mol. The summed E-state index contributed by atoms with van der Waals surface area (Å²) in [6.45, 7) is 0. The highest BCUT2D eigenvalue weighted by Crippen LogP contribution is 2.18. The number of primary amides is 1. The van der Waals surface area contributed by atoms with Gasteiger partial charge in [0.25, 0.3) is 0 Å². The molecule has 1 aromatic rings. The van der Waals surface area contributed by atoms with Gasteiger partial charge in [-0.05, 0) is 19.7 Å². The minimum Gasteiger partial charge on any atom is -0.366 e. The molecule has 1 rings (SSSR count). The lowest BCUT2D eigenvalue weighted by Gasteiger charge is -2.21. The van der Waals surface area contributed by atoms with E-state index in [1.165, 1.54) is 6.08 Å². The topological polar surface area (TPSA) is 46.3 Å². The van der Waals surface area contributed by atoms with Gasteiger partial charge in [-0.25, -0.2) is 0 Å². The van der Waals surface area contributed by atoms with Crippen LogP contribution in [0.25, 0.3) is 0 Å². The van der Waals surface area contributed by atoms with Gasteiger partial charge in [0.2, 0.25) is 5.91 Å². The molecule has 2 N–H and O–H groups in total. The first-order valence-corrected chi connectivity index (χ1v) is 4.80. The Bertz CT molecular complexity index is 344. The second kappa shape index (κ2) is 5.32. The Morgan fingerprint density at radius 1 is 1.33 bits per heavy atom. The van der Waals surface area contributed by atoms with E-state index in [2.05, 4.69) is 0 Å². The zero-order chi connectivity index (χ0) is 11.3. The van der Waals surface area contributed by atoms with Gasteiger partial charge in [-0.3, -0.25) is 9.69 Å². The Balaban J connectivity index is 2.89. The van der Waals surface area contributed by atoms with Gasteiger partial charge >= 0.3 is 0 Å². The first-order valence-electron chi connectivity index (χ1n) is 4.80. The van der Waals surface area contributed by atoms with Crippen molar-refractivity contribution >= 4 is 5.91 Å². The van der Waals surface area contributed by atoms with Crippen LogP contribution in [0.5, 0.6) is 0 Å². The van der Waals surface area contributed by atoms with E-state index >= 15 is 0 Å². The van der Waals surface area contributed by atoms with E-state index in [0.29, 0.717) is 0 Å². The lowest BCUT2D eigenvalue weighted by molar-refractivity contribution is -0.113. The average Bonchev–Trinajstić information content (AvgIpc) is 2.18. The first kappa shape index (κ1) is 11.5. The van der Waals surface area contributed by atoms with Gasteiger partial charge in [-0.1, -0.05) is 36.4 Å². The molecule has 3 nitrogen and oxygen atoms in total. The maximum atomic E-state index is 10.7. The number of hydrogen-bond donors (Lipinski definition) is 1. The van der Waals surface area contributed by atoms with Crippen LogP contribution in [0.3, 0.4) is 0 Å². The van der Waals surface area contributed by atoms with Crippen LogP contribution in [0.4, 0.5) is 0 Å². The van der Waals surface area contributed by atoms with Gasteiger partial charge in [0.1, 0.15) is 0 Å².